The molecule has 1 fully saturated rings. The van der Waals surface area contributed by atoms with Gasteiger partial charge in [-0.15, -0.1) is 0 Å². The fourth-order valence-corrected chi connectivity index (χ4v) is 1.13. The minimum absolute atomic E-state index is 0.0195. The third-order valence-electron chi connectivity index (χ3n) is 1.77. The smallest absolute Gasteiger partial charge is 0.314 e. The molecule has 0 aromatic rings. The Balaban J connectivity index is 2.34. The van der Waals surface area contributed by atoms with Gasteiger partial charge in [-0.05, 0) is 12.8 Å². The van der Waals surface area contributed by atoms with Crippen molar-refractivity contribution in [2.45, 2.75) is 38.7 Å². The van der Waals surface area contributed by atoms with Gasteiger partial charge in [-0.1, -0.05) is 13.3 Å². The SMILES string of the molecule is CCCC[C@H]1OC(=O)CC1=O. The first-order valence-electron chi connectivity index (χ1n) is 3.96. The van der Waals surface area contributed by atoms with Crippen LogP contribution < -0.4 is 0 Å². The quantitative estimate of drug-likeness (QED) is 0.453. The summed E-state index contributed by atoms with van der Waals surface area (Å²) in [6, 6.07) is 0. The van der Waals surface area contributed by atoms with E-state index in [0.29, 0.717) is 6.42 Å². The molecule has 1 atom stereocenters. The summed E-state index contributed by atoms with van der Waals surface area (Å²) in [6.45, 7) is 2.04. The predicted molar refractivity (Wildman–Crippen MR) is 39.0 cm³/mol. The van der Waals surface area contributed by atoms with Crippen molar-refractivity contribution in [3.05, 3.63) is 0 Å². The second kappa shape index (κ2) is 3.51. The summed E-state index contributed by atoms with van der Waals surface area (Å²) in [6.07, 6.45) is 2.22. The van der Waals surface area contributed by atoms with E-state index in [1.54, 1.807) is 0 Å². The zero-order valence-electron chi connectivity index (χ0n) is 6.63. The average Bonchev–Trinajstić information content (AvgIpc) is 2.26. The van der Waals surface area contributed by atoms with Gasteiger partial charge in [0.2, 0.25) is 0 Å². The van der Waals surface area contributed by atoms with Crippen molar-refractivity contribution < 1.29 is 14.3 Å². The van der Waals surface area contributed by atoms with Crippen molar-refractivity contribution >= 4 is 11.8 Å². The number of cyclic esters (lactones) is 1. The Morgan fingerprint density at radius 3 is 2.73 bits per heavy atom. The lowest BCUT2D eigenvalue weighted by atomic mass is 10.1. The number of ether oxygens (including phenoxy) is 1. The van der Waals surface area contributed by atoms with Crippen molar-refractivity contribution in [1.82, 2.24) is 0 Å². The topological polar surface area (TPSA) is 43.4 Å². The van der Waals surface area contributed by atoms with Gasteiger partial charge in [0.15, 0.2) is 11.9 Å². The van der Waals surface area contributed by atoms with Crippen LogP contribution >= 0.6 is 0 Å². The van der Waals surface area contributed by atoms with Gasteiger partial charge in [0.05, 0.1) is 0 Å². The molecule has 0 N–H and O–H groups in total. The number of carbonyl (C=O) groups is 2. The van der Waals surface area contributed by atoms with E-state index in [1.807, 2.05) is 6.92 Å². The molecule has 0 aliphatic carbocycles. The Morgan fingerprint density at radius 1 is 1.55 bits per heavy atom. The molecular weight excluding hydrogens is 144 g/mol. The summed E-state index contributed by atoms with van der Waals surface area (Å²) in [5, 5.41) is 0. The van der Waals surface area contributed by atoms with E-state index in [-0.39, 0.29) is 18.2 Å². The van der Waals surface area contributed by atoms with Gasteiger partial charge in [-0.25, -0.2) is 0 Å². The number of esters is 1. The fourth-order valence-electron chi connectivity index (χ4n) is 1.13. The van der Waals surface area contributed by atoms with E-state index in [9.17, 15) is 9.59 Å². The second-order valence-corrected chi connectivity index (χ2v) is 2.76. The van der Waals surface area contributed by atoms with Crippen LogP contribution in [0.5, 0.6) is 0 Å². The van der Waals surface area contributed by atoms with E-state index in [1.165, 1.54) is 0 Å². The minimum atomic E-state index is -0.428. The van der Waals surface area contributed by atoms with Crippen LogP contribution in [0.3, 0.4) is 0 Å². The van der Waals surface area contributed by atoms with E-state index in [2.05, 4.69) is 0 Å². The Kier molecular flexibility index (Phi) is 2.63. The number of carbonyl (C=O) groups excluding carboxylic acids is 2. The largest absolute Gasteiger partial charge is 0.454 e. The maximum Gasteiger partial charge on any atom is 0.314 e. The molecule has 0 spiro atoms. The summed E-state index contributed by atoms with van der Waals surface area (Å²) in [7, 11) is 0. The molecule has 0 aromatic carbocycles. The van der Waals surface area contributed by atoms with Crippen molar-refractivity contribution in [3.63, 3.8) is 0 Å². The Hall–Kier alpha value is -0.860. The lowest BCUT2D eigenvalue weighted by Crippen LogP contribution is -2.14. The number of hydrogen-bond donors (Lipinski definition) is 0. The van der Waals surface area contributed by atoms with Crippen LogP contribution in [0.15, 0.2) is 0 Å². The van der Waals surface area contributed by atoms with Crippen LogP contribution in [0, 0.1) is 0 Å². The molecule has 1 aliphatic rings. The summed E-state index contributed by atoms with van der Waals surface area (Å²) >= 11 is 0. The van der Waals surface area contributed by atoms with Crippen LogP contribution in [0.2, 0.25) is 0 Å². The zero-order chi connectivity index (χ0) is 8.27. The summed E-state index contributed by atoms with van der Waals surface area (Å²) in [5.74, 6) is -0.417. The first-order valence-corrected chi connectivity index (χ1v) is 3.96. The Labute approximate surface area is 65.7 Å². The van der Waals surface area contributed by atoms with Crippen molar-refractivity contribution in [2.75, 3.05) is 0 Å². The maximum atomic E-state index is 10.9. The molecule has 3 nitrogen and oxygen atoms in total. The molecule has 1 aliphatic heterocycles. The third-order valence-corrected chi connectivity index (χ3v) is 1.77. The van der Waals surface area contributed by atoms with Gasteiger partial charge >= 0.3 is 5.97 Å². The molecular formula is C8H12O3. The van der Waals surface area contributed by atoms with Crippen LogP contribution in [-0.2, 0) is 14.3 Å². The normalized spacial score (nSPS) is 23.9. The molecule has 3 heteroatoms. The van der Waals surface area contributed by atoms with Crippen molar-refractivity contribution in [1.29, 1.82) is 0 Å². The number of ketones is 1. The summed E-state index contributed by atoms with van der Waals surface area (Å²) in [4.78, 5) is 21.5. The molecule has 1 rings (SSSR count). The van der Waals surface area contributed by atoms with Crippen LogP contribution in [0.4, 0.5) is 0 Å². The molecule has 62 valence electrons. The van der Waals surface area contributed by atoms with Gasteiger partial charge in [-0.3, -0.25) is 9.59 Å². The molecule has 0 radical (unpaired) electrons. The van der Waals surface area contributed by atoms with Crippen LogP contribution in [0.25, 0.3) is 0 Å². The lowest BCUT2D eigenvalue weighted by Gasteiger charge is -2.04. The van der Waals surface area contributed by atoms with Gasteiger partial charge in [0.1, 0.15) is 6.42 Å². The molecule has 0 saturated carbocycles. The molecule has 0 aromatic heterocycles. The monoisotopic (exact) mass is 156 g/mol. The second-order valence-electron chi connectivity index (χ2n) is 2.76. The number of unbranched alkanes of at least 4 members (excludes halogenated alkanes) is 1. The first kappa shape index (κ1) is 8.24. The number of rotatable bonds is 3. The van der Waals surface area contributed by atoms with E-state index >= 15 is 0 Å². The van der Waals surface area contributed by atoms with Crippen molar-refractivity contribution in [3.8, 4) is 0 Å². The van der Waals surface area contributed by atoms with Crippen LogP contribution in [-0.4, -0.2) is 17.9 Å². The van der Waals surface area contributed by atoms with E-state index in [4.69, 9.17) is 4.74 Å². The maximum absolute atomic E-state index is 10.9. The number of hydrogen-bond acceptors (Lipinski definition) is 3. The predicted octanol–water partition coefficient (Wildman–Crippen LogP) is 1.06. The summed E-state index contributed by atoms with van der Waals surface area (Å²) < 4.78 is 4.79. The Morgan fingerprint density at radius 2 is 2.27 bits per heavy atom. The van der Waals surface area contributed by atoms with E-state index < -0.39 is 6.10 Å². The third kappa shape index (κ3) is 2.03. The standard InChI is InChI=1S/C8H12O3/c1-2-3-4-7-6(9)5-8(10)11-7/h7H,2-5H2,1H3/t7-/m1/s1. The Bertz CT molecular complexity index is 174. The molecule has 1 saturated heterocycles. The molecule has 0 amide bonds. The fraction of sp³-hybridized carbons (Fsp3) is 0.750. The highest BCUT2D eigenvalue weighted by atomic mass is 16.6. The summed E-state index contributed by atoms with van der Waals surface area (Å²) in [5.41, 5.74) is 0. The molecule has 1 heterocycles. The molecule has 0 bridgehead atoms. The van der Waals surface area contributed by atoms with Gasteiger partial charge < -0.3 is 4.74 Å². The lowest BCUT2D eigenvalue weighted by molar-refractivity contribution is -0.142. The zero-order valence-corrected chi connectivity index (χ0v) is 6.63. The van der Waals surface area contributed by atoms with Crippen molar-refractivity contribution in [2.24, 2.45) is 0 Å². The van der Waals surface area contributed by atoms with Gasteiger partial charge in [0, 0.05) is 0 Å². The van der Waals surface area contributed by atoms with Gasteiger partial charge in [0.25, 0.3) is 0 Å². The highest BCUT2D eigenvalue weighted by Crippen LogP contribution is 2.15. The minimum Gasteiger partial charge on any atom is -0.454 e. The van der Waals surface area contributed by atoms with Gasteiger partial charge in [-0.2, -0.15) is 0 Å². The number of Topliss-reactive ketones (excluding diaryl/α,β-unsaturated/α-hetero) is 1. The highest BCUT2D eigenvalue weighted by Gasteiger charge is 2.31. The highest BCUT2D eigenvalue weighted by molar-refractivity contribution is 6.03. The molecule has 11 heavy (non-hydrogen) atoms. The molecule has 0 unspecified atom stereocenters. The first-order chi connectivity index (χ1) is 5.24. The average molecular weight is 156 g/mol. The van der Waals surface area contributed by atoms with E-state index in [0.717, 1.165) is 12.8 Å². The van der Waals surface area contributed by atoms with Crippen LogP contribution in [0.1, 0.15) is 32.6 Å².